The molecule has 1 heteroatoms. The minimum atomic E-state index is -0.547. The summed E-state index contributed by atoms with van der Waals surface area (Å²) in [5.41, 5.74) is 22.8. The van der Waals surface area contributed by atoms with E-state index in [1.165, 1.54) is 99.9 Å². The molecular formula is C73H71N. The van der Waals surface area contributed by atoms with Gasteiger partial charge in [0, 0.05) is 22.2 Å². The van der Waals surface area contributed by atoms with Gasteiger partial charge < -0.3 is 4.90 Å². The molecule has 0 atom stereocenters. The van der Waals surface area contributed by atoms with Gasteiger partial charge in [-0.15, -0.1) is 0 Å². The Bertz CT molecular complexity index is 3440. The van der Waals surface area contributed by atoms with Crippen LogP contribution in [-0.4, -0.2) is 0 Å². The predicted molar refractivity (Wildman–Crippen MR) is 318 cm³/mol. The quantitative estimate of drug-likeness (QED) is 0.166. The molecule has 0 aromatic heterocycles. The van der Waals surface area contributed by atoms with Crippen LogP contribution < -0.4 is 4.90 Å². The van der Waals surface area contributed by atoms with Gasteiger partial charge in [-0.1, -0.05) is 272 Å². The zero-order valence-electron chi connectivity index (χ0n) is 45.4. The molecule has 1 nitrogen and oxygen atoms in total. The van der Waals surface area contributed by atoms with Crippen molar-refractivity contribution in [3.63, 3.8) is 0 Å². The minimum Gasteiger partial charge on any atom is -0.310 e. The van der Waals surface area contributed by atoms with Crippen LogP contribution in [0.1, 0.15) is 117 Å². The van der Waals surface area contributed by atoms with E-state index >= 15 is 0 Å². The van der Waals surface area contributed by atoms with Gasteiger partial charge in [0.25, 0.3) is 0 Å². The van der Waals surface area contributed by atoms with Gasteiger partial charge in [-0.05, 0) is 134 Å². The van der Waals surface area contributed by atoms with Crippen LogP contribution in [0.2, 0.25) is 0 Å². The van der Waals surface area contributed by atoms with Gasteiger partial charge in [0.15, 0.2) is 0 Å². The van der Waals surface area contributed by atoms with Gasteiger partial charge >= 0.3 is 0 Å². The Morgan fingerprint density at radius 3 is 1.23 bits per heavy atom. The van der Waals surface area contributed by atoms with Crippen molar-refractivity contribution in [1.29, 1.82) is 0 Å². The lowest BCUT2D eigenvalue weighted by Crippen LogP contribution is -2.35. The van der Waals surface area contributed by atoms with Crippen molar-refractivity contribution in [2.75, 3.05) is 4.90 Å². The van der Waals surface area contributed by atoms with Crippen LogP contribution in [0.4, 0.5) is 17.1 Å². The van der Waals surface area contributed by atoms with E-state index in [0.717, 1.165) is 11.4 Å². The van der Waals surface area contributed by atoms with Gasteiger partial charge in [0.1, 0.15) is 0 Å². The van der Waals surface area contributed by atoms with Crippen molar-refractivity contribution < 1.29 is 0 Å². The standard InChI is InChI=1S/C59H55N.2C7H8/c1-38-23-32-45-47-33-34-48-46-35-36-52(60(43-17-12-10-13-18-43)44-19-14-11-15-20-44)49-21-16-22-50(53(46)49)58(8,9)54(48)55(47)59(51(45)37-38,41-28-24-39(25-29-41)56(2,3)4)42-30-26-40(27-31-42)57(5,6)7;2*1-7-5-3-2-4-6-7/h10-37H,1-9H3;2*2-6H,1H3. The fourth-order valence-corrected chi connectivity index (χ4v) is 11.8. The van der Waals surface area contributed by atoms with Gasteiger partial charge in [-0.25, -0.2) is 0 Å². The van der Waals surface area contributed by atoms with E-state index in [2.05, 4.69) is 275 Å². The highest BCUT2D eigenvalue weighted by atomic mass is 15.1. The van der Waals surface area contributed by atoms with Crippen molar-refractivity contribution in [3.8, 4) is 22.3 Å². The van der Waals surface area contributed by atoms with Crippen LogP contribution in [0.15, 0.2) is 231 Å². The number of aryl methyl sites for hydroxylation is 3. The molecule has 0 saturated carbocycles. The first-order chi connectivity index (χ1) is 35.5. The summed E-state index contributed by atoms with van der Waals surface area (Å²) in [5.74, 6) is 0. The molecule has 0 N–H and O–H groups in total. The lowest BCUT2D eigenvalue weighted by Gasteiger charge is -2.43. The topological polar surface area (TPSA) is 3.24 Å². The van der Waals surface area contributed by atoms with E-state index in [1.807, 2.05) is 36.4 Å². The van der Waals surface area contributed by atoms with E-state index in [0.29, 0.717) is 0 Å². The van der Waals surface area contributed by atoms with E-state index < -0.39 is 5.41 Å². The molecule has 0 saturated heterocycles. The van der Waals surface area contributed by atoms with Gasteiger partial charge in [0.05, 0.1) is 11.1 Å². The second-order valence-corrected chi connectivity index (χ2v) is 23.2. The average Bonchev–Trinajstić information content (AvgIpc) is 3.71. The fraction of sp³-hybridized carbons (Fsp3) is 0.205. The summed E-state index contributed by atoms with van der Waals surface area (Å²) in [4.78, 5) is 2.42. The zero-order chi connectivity index (χ0) is 52.0. The number of para-hydroxylation sites is 2. The molecule has 0 spiro atoms. The second-order valence-electron chi connectivity index (χ2n) is 23.2. The maximum absolute atomic E-state index is 2.48. The second kappa shape index (κ2) is 19.6. The first kappa shape index (κ1) is 49.8. The third kappa shape index (κ3) is 8.98. The molecule has 0 amide bonds. The monoisotopic (exact) mass is 962 g/mol. The summed E-state index contributed by atoms with van der Waals surface area (Å²) in [6, 6.07) is 85.3. The Morgan fingerprint density at radius 1 is 0.351 bits per heavy atom. The lowest BCUT2D eigenvalue weighted by molar-refractivity contribution is 0.587. The molecule has 0 radical (unpaired) electrons. The molecule has 2 aliphatic rings. The number of hydrogen-bond acceptors (Lipinski definition) is 1. The molecule has 368 valence electrons. The summed E-state index contributed by atoms with van der Waals surface area (Å²) < 4.78 is 0. The number of benzene rings is 10. The number of fused-ring (bicyclic) bond motifs is 6. The maximum Gasteiger partial charge on any atom is 0.0716 e. The molecule has 12 rings (SSSR count). The molecule has 0 heterocycles. The molecule has 0 bridgehead atoms. The van der Waals surface area contributed by atoms with Crippen molar-refractivity contribution in [3.05, 3.63) is 292 Å². The highest BCUT2D eigenvalue weighted by Gasteiger charge is 2.51. The molecule has 0 aliphatic heterocycles. The predicted octanol–water partition coefficient (Wildman–Crippen LogP) is 19.9. The molecule has 0 fully saturated rings. The van der Waals surface area contributed by atoms with Crippen LogP contribution in [0.25, 0.3) is 33.0 Å². The average molecular weight is 962 g/mol. The van der Waals surface area contributed by atoms with Crippen molar-refractivity contribution in [1.82, 2.24) is 0 Å². The molecule has 2 aliphatic carbocycles. The van der Waals surface area contributed by atoms with Gasteiger partial charge in [-0.2, -0.15) is 0 Å². The van der Waals surface area contributed by atoms with Crippen LogP contribution in [0.5, 0.6) is 0 Å². The molecule has 10 aromatic rings. The number of anilines is 3. The highest BCUT2D eigenvalue weighted by Crippen LogP contribution is 2.63. The molecule has 74 heavy (non-hydrogen) atoms. The van der Waals surface area contributed by atoms with Crippen molar-refractivity contribution in [2.45, 2.75) is 97.8 Å². The van der Waals surface area contributed by atoms with Crippen molar-refractivity contribution in [2.24, 2.45) is 0 Å². The lowest BCUT2D eigenvalue weighted by atomic mass is 9.59. The Kier molecular flexibility index (Phi) is 13.2. The summed E-state index contributed by atoms with van der Waals surface area (Å²) in [6.07, 6.45) is 0. The highest BCUT2D eigenvalue weighted by molar-refractivity contribution is 6.11. The first-order valence-electron chi connectivity index (χ1n) is 26.5. The van der Waals surface area contributed by atoms with Crippen LogP contribution in [-0.2, 0) is 21.7 Å². The number of hydrogen-bond donors (Lipinski definition) is 0. The Hall–Kier alpha value is -7.74. The van der Waals surface area contributed by atoms with E-state index in [4.69, 9.17) is 0 Å². The Labute approximate surface area is 442 Å². The fourth-order valence-electron chi connectivity index (χ4n) is 11.8. The molecular weight excluding hydrogens is 891 g/mol. The normalized spacial score (nSPS) is 13.6. The number of rotatable bonds is 5. The number of nitrogens with zero attached hydrogens (tertiary/aromatic N) is 1. The van der Waals surface area contributed by atoms with Crippen LogP contribution >= 0.6 is 0 Å². The van der Waals surface area contributed by atoms with Gasteiger partial charge in [0.2, 0.25) is 0 Å². The van der Waals surface area contributed by atoms with Gasteiger partial charge in [-0.3, -0.25) is 0 Å². The van der Waals surface area contributed by atoms with E-state index in [-0.39, 0.29) is 16.2 Å². The first-order valence-corrected chi connectivity index (χ1v) is 26.5. The van der Waals surface area contributed by atoms with Crippen molar-refractivity contribution >= 4 is 27.8 Å². The third-order valence-electron chi connectivity index (χ3n) is 15.6. The maximum atomic E-state index is 2.48. The third-order valence-corrected chi connectivity index (χ3v) is 15.6. The Morgan fingerprint density at radius 2 is 0.784 bits per heavy atom. The smallest absolute Gasteiger partial charge is 0.0716 e. The summed E-state index contributed by atoms with van der Waals surface area (Å²) in [5, 5.41) is 2.60. The molecule has 0 unspecified atom stereocenters. The summed E-state index contributed by atoms with van der Waals surface area (Å²) >= 11 is 0. The SMILES string of the molecule is Cc1ccc2c(c1)C(c1ccc(C(C)(C)C)cc1)(c1ccc(C(C)(C)C)cc1)c1c-2ccc2c1C(C)(C)c1cccc3c(N(c4ccccc4)c4ccccc4)ccc-2c13.Cc1ccccc1.Cc1ccccc1. The molecule has 10 aromatic carbocycles. The minimum absolute atomic E-state index is 0.0428. The summed E-state index contributed by atoms with van der Waals surface area (Å²) in [7, 11) is 0. The van der Waals surface area contributed by atoms with E-state index in [9.17, 15) is 0 Å². The summed E-state index contributed by atoms with van der Waals surface area (Å²) in [6.45, 7) is 25.3. The zero-order valence-corrected chi connectivity index (χ0v) is 45.4. The van der Waals surface area contributed by atoms with E-state index in [1.54, 1.807) is 0 Å². The van der Waals surface area contributed by atoms with Crippen LogP contribution in [0, 0.1) is 20.8 Å². The largest absolute Gasteiger partial charge is 0.310 e. The Balaban J connectivity index is 0.000000388. The van der Waals surface area contributed by atoms with Crippen LogP contribution in [0.3, 0.4) is 0 Å².